The second-order valence-corrected chi connectivity index (χ2v) is 7.00. The van der Waals surface area contributed by atoms with Crippen LogP contribution in [0, 0.1) is 18.3 Å². The predicted molar refractivity (Wildman–Crippen MR) is 86.5 cm³/mol. The highest BCUT2D eigenvalue weighted by Crippen LogP contribution is 2.38. The highest BCUT2D eigenvalue weighted by molar-refractivity contribution is 5.81. The van der Waals surface area contributed by atoms with E-state index in [0.717, 1.165) is 19.3 Å². The molecule has 1 amide bonds. The van der Waals surface area contributed by atoms with E-state index in [2.05, 4.69) is 37.4 Å². The summed E-state index contributed by atoms with van der Waals surface area (Å²) >= 11 is 0. The lowest BCUT2D eigenvalue weighted by molar-refractivity contribution is -0.133. The molecule has 0 radical (unpaired) electrons. The van der Waals surface area contributed by atoms with Crippen LogP contribution in [0.15, 0.2) is 18.2 Å². The summed E-state index contributed by atoms with van der Waals surface area (Å²) in [5, 5.41) is 3.65. The van der Waals surface area contributed by atoms with Crippen molar-refractivity contribution in [2.24, 2.45) is 17.1 Å². The fraction of sp³-hybridized carbons (Fsp3) is 0.611. The molecule has 22 heavy (non-hydrogen) atoms. The van der Waals surface area contributed by atoms with Gasteiger partial charge in [-0.2, -0.15) is 0 Å². The molecule has 3 rings (SSSR count). The molecule has 0 bridgehead atoms. The van der Waals surface area contributed by atoms with Crippen LogP contribution in [-0.2, 0) is 16.0 Å². The Labute approximate surface area is 132 Å². The number of carbonyl (C=O) groups excluding carboxylic acids is 1. The molecule has 1 heterocycles. The molecule has 1 saturated heterocycles. The van der Waals surface area contributed by atoms with Crippen molar-refractivity contribution in [2.45, 2.75) is 39.2 Å². The number of carbonyl (C=O) groups is 1. The third-order valence-electron chi connectivity index (χ3n) is 5.38. The Kier molecular flexibility index (Phi) is 4.24. The van der Waals surface area contributed by atoms with Crippen molar-refractivity contribution in [3.63, 3.8) is 0 Å². The first-order valence-corrected chi connectivity index (χ1v) is 8.22. The lowest BCUT2D eigenvalue weighted by atomic mass is 9.79. The van der Waals surface area contributed by atoms with E-state index in [-0.39, 0.29) is 5.91 Å². The maximum Gasteiger partial charge on any atom is 0.225 e. The summed E-state index contributed by atoms with van der Waals surface area (Å²) < 4.78 is 5.40. The zero-order valence-corrected chi connectivity index (χ0v) is 13.5. The summed E-state index contributed by atoms with van der Waals surface area (Å²) in [5.41, 5.74) is 9.35. The lowest BCUT2D eigenvalue weighted by Crippen LogP contribution is -2.49. The molecule has 2 aliphatic rings. The molecule has 120 valence electrons. The standard InChI is InChI=1S/C18H26N2O2/c1-12-3-4-14-10-13(2)16(15(14)9-12)20-11-18(17(19)21)5-7-22-8-6-18/h3-4,9,13,16,20H,5-8,10-11H2,1-2H3,(H2,19,21)/t13-,16+/m1/s1. The number of hydrogen-bond donors (Lipinski definition) is 2. The van der Waals surface area contributed by atoms with E-state index in [1.165, 1.54) is 16.7 Å². The zero-order chi connectivity index (χ0) is 15.7. The number of hydrogen-bond acceptors (Lipinski definition) is 3. The van der Waals surface area contributed by atoms with Gasteiger partial charge in [0, 0.05) is 25.8 Å². The van der Waals surface area contributed by atoms with Crippen LogP contribution < -0.4 is 11.1 Å². The summed E-state index contributed by atoms with van der Waals surface area (Å²) in [6, 6.07) is 7.00. The van der Waals surface area contributed by atoms with Gasteiger partial charge in [0.2, 0.25) is 5.91 Å². The molecular weight excluding hydrogens is 276 g/mol. The van der Waals surface area contributed by atoms with E-state index >= 15 is 0 Å². The minimum atomic E-state index is -0.454. The van der Waals surface area contributed by atoms with Crippen LogP contribution in [0.25, 0.3) is 0 Å². The quantitative estimate of drug-likeness (QED) is 0.895. The number of nitrogens with one attached hydrogen (secondary N) is 1. The minimum Gasteiger partial charge on any atom is -0.381 e. The third-order valence-corrected chi connectivity index (χ3v) is 5.38. The smallest absolute Gasteiger partial charge is 0.225 e. The van der Waals surface area contributed by atoms with Gasteiger partial charge in [-0.25, -0.2) is 0 Å². The fourth-order valence-corrected chi connectivity index (χ4v) is 3.85. The number of fused-ring (bicyclic) bond motifs is 1. The van der Waals surface area contributed by atoms with Crippen LogP contribution in [0.3, 0.4) is 0 Å². The van der Waals surface area contributed by atoms with E-state index in [0.29, 0.717) is 31.7 Å². The van der Waals surface area contributed by atoms with Crippen molar-refractivity contribution in [1.29, 1.82) is 0 Å². The number of benzene rings is 1. The van der Waals surface area contributed by atoms with Crippen molar-refractivity contribution in [3.05, 3.63) is 34.9 Å². The van der Waals surface area contributed by atoms with Gasteiger partial charge in [-0.15, -0.1) is 0 Å². The Hall–Kier alpha value is -1.39. The highest BCUT2D eigenvalue weighted by Gasteiger charge is 2.40. The van der Waals surface area contributed by atoms with Crippen LogP contribution in [-0.4, -0.2) is 25.7 Å². The second kappa shape index (κ2) is 6.01. The van der Waals surface area contributed by atoms with Gasteiger partial charge in [0.15, 0.2) is 0 Å². The lowest BCUT2D eigenvalue weighted by Gasteiger charge is -2.36. The van der Waals surface area contributed by atoms with Crippen molar-refractivity contribution < 1.29 is 9.53 Å². The van der Waals surface area contributed by atoms with Crippen molar-refractivity contribution in [3.8, 4) is 0 Å². The highest BCUT2D eigenvalue weighted by atomic mass is 16.5. The summed E-state index contributed by atoms with van der Waals surface area (Å²) in [4.78, 5) is 12.0. The SMILES string of the molecule is Cc1ccc2c(c1)[C@@H](NCC1(C(N)=O)CCOCC1)[C@H](C)C2. The van der Waals surface area contributed by atoms with Crippen molar-refractivity contribution in [1.82, 2.24) is 5.32 Å². The first-order chi connectivity index (χ1) is 10.5. The van der Waals surface area contributed by atoms with Gasteiger partial charge in [0.05, 0.1) is 5.41 Å². The molecule has 1 aromatic rings. The van der Waals surface area contributed by atoms with Crippen LogP contribution in [0.1, 0.15) is 42.5 Å². The number of primary amides is 1. The number of rotatable bonds is 4. The van der Waals surface area contributed by atoms with Gasteiger partial charge in [-0.05, 0) is 43.2 Å². The van der Waals surface area contributed by atoms with Crippen LogP contribution in [0.5, 0.6) is 0 Å². The molecule has 0 unspecified atom stereocenters. The fourth-order valence-electron chi connectivity index (χ4n) is 3.85. The molecule has 1 aliphatic carbocycles. The van der Waals surface area contributed by atoms with Gasteiger partial charge in [0.25, 0.3) is 0 Å². The average molecular weight is 302 g/mol. The number of ether oxygens (including phenoxy) is 1. The van der Waals surface area contributed by atoms with Crippen LogP contribution in [0.4, 0.5) is 0 Å². The third kappa shape index (κ3) is 2.77. The summed E-state index contributed by atoms with van der Waals surface area (Å²) in [6.45, 7) is 6.30. The zero-order valence-electron chi connectivity index (χ0n) is 13.5. The first kappa shape index (κ1) is 15.5. The van der Waals surface area contributed by atoms with E-state index in [4.69, 9.17) is 10.5 Å². The molecule has 1 aromatic carbocycles. The summed E-state index contributed by atoms with van der Waals surface area (Å²) in [6.07, 6.45) is 2.54. The van der Waals surface area contributed by atoms with E-state index in [9.17, 15) is 4.79 Å². The maximum atomic E-state index is 12.0. The summed E-state index contributed by atoms with van der Waals surface area (Å²) in [7, 11) is 0. The largest absolute Gasteiger partial charge is 0.381 e. The van der Waals surface area contributed by atoms with Crippen LogP contribution in [0.2, 0.25) is 0 Å². The number of aryl methyl sites for hydroxylation is 1. The molecule has 3 N–H and O–H groups in total. The topological polar surface area (TPSA) is 64.3 Å². The van der Waals surface area contributed by atoms with E-state index in [1.54, 1.807) is 0 Å². The van der Waals surface area contributed by atoms with E-state index in [1.807, 2.05) is 0 Å². The molecule has 0 spiro atoms. The van der Waals surface area contributed by atoms with Gasteiger partial charge in [-0.1, -0.05) is 30.7 Å². The van der Waals surface area contributed by atoms with Crippen LogP contribution >= 0.6 is 0 Å². The predicted octanol–water partition coefficient (Wildman–Crippen LogP) is 2.10. The molecule has 0 saturated carbocycles. The molecule has 0 aromatic heterocycles. The minimum absolute atomic E-state index is 0.196. The molecular formula is C18H26N2O2. The second-order valence-electron chi connectivity index (χ2n) is 7.00. The first-order valence-electron chi connectivity index (χ1n) is 8.22. The Morgan fingerprint density at radius 3 is 2.82 bits per heavy atom. The van der Waals surface area contributed by atoms with Gasteiger partial charge < -0.3 is 15.8 Å². The van der Waals surface area contributed by atoms with Gasteiger partial charge in [-0.3, -0.25) is 4.79 Å². The van der Waals surface area contributed by atoms with E-state index < -0.39 is 5.41 Å². The average Bonchev–Trinajstić information content (AvgIpc) is 2.81. The van der Waals surface area contributed by atoms with Crippen molar-refractivity contribution in [2.75, 3.05) is 19.8 Å². The summed E-state index contributed by atoms with van der Waals surface area (Å²) in [5.74, 6) is 0.347. The van der Waals surface area contributed by atoms with Crippen molar-refractivity contribution >= 4 is 5.91 Å². The van der Waals surface area contributed by atoms with Gasteiger partial charge in [0.1, 0.15) is 0 Å². The molecule has 4 heteroatoms. The number of nitrogens with two attached hydrogens (primary N) is 1. The normalized spacial score (nSPS) is 26.6. The molecule has 1 fully saturated rings. The maximum absolute atomic E-state index is 12.0. The Morgan fingerprint density at radius 2 is 2.14 bits per heavy atom. The Morgan fingerprint density at radius 1 is 1.41 bits per heavy atom. The Bertz CT molecular complexity index is 564. The molecule has 1 aliphatic heterocycles. The number of amides is 1. The van der Waals surface area contributed by atoms with Gasteiger partial charge >= 0.3 is 0 Å². The molecule has 2 atom stereocenters. The monoisotopic (exact) mass is 302 g/mol. The Balaban J connectivity index is 1.76. The molecule has 4 nitrogen and oxygen atoms in total.